The zero-order valence-corrected chi connectivity index (χ0v) is 19.8. The maximum Gasteiger partial charge on any atom is 0.337 e. The predicted octanol–water partition coefficient (Wildman–Crippen LogP) is 1.60. The molecule has 0 fully saturated rings. The zero-order chi connectivity index (χ0) is 24.7. The van der Waals surface area contributed by atoms with Gasteiger partial charge in [-0.1, -0.05) is 18.2 Å². The van der Waals surface area contributed by atoms with E-state index in [4.69, 9.17) is 19.3 Å². The predicted molar refractivity (Wildman–Crippen MR) is 128 cm³/mol. The SMILES string of the molecule is COC(=O)C1=c2sc(=Cc3ccco3)c(=O)n2C(N)=C(S(=O)(=O)c2ccccc2)C1c1ccco1. The molecule has 1 unspecified atom stereocenters. The average molecular weight is 511 g/mol. The molecule has 0 spiro atoms. The fraction of sp³-hybridized carbons (Fsp3) is 0.0833. The third-order valence-corrected chi connectivity index (χ3v) is 8.52. The van der Waals surface area contributed by atoms with Gasteiger partial charge in [0.25, 0.3) is 5.56 Å². The number of sulfone groups is 1. The van der Waals surface area contributed by atoms with Gasteiger partial charge < -0.3 is 19.3 Å². The lowest BCUT2D eigenvalue weighted by Gasteiger charge is -2.26. The number of carbonyl (C=O) groups excluding carboxylic acids is 1. The summed E-state index contributed by atoms with van der Waals surface area (Å²) >= 11 is 0.972. The molecule has 11 heteroatoms. The first-order valence-electron chi connectivity index (χ1n) is 10.3. The maximum atomic E-state index is 13.9. The van der Waals surface area contributed by atoms with Crippen molar-refractivity contribution in [3.63, 3.8) is 0 Å². The van der Waals surface area contributed by atoms with Crippen LogP contribution in [0.3, 0.4) is 0 Å². The first-order valence-corrected chi connectivity index (χ1v) is 12.6. The van der Waals surface area contributed by atoms with E-state index in [1.807, 2.05) is 0 Å². The number of benzene rings is 1. The second kappa shape index (κ2) is 8.60. The van der Waals surface area contributed by atoms with E-state index in [0.717, 1.165) is 15.9 Å². The van der Waals surface area contributed by atoms with Crippen LogP contribution in [0.2, 0.25) is 0 Å². The molecule has 4 heterocycles. The van der Waals surface area contributed by atoms with Crippen LogP contribution in [0.25, 0.3) is 17.5 Å². The topological polar surface area (TPSA) is 135 Å². The van der Waals surface area contributed by atoms with Crippen LogP contribution in [0.4, 0.5) is 0 Å². The van der Waals surface area contributed by atoms with Crippen LogP contribution in [0.1, 0.15) is 17.4 Å². The summed E-state index contributed by atoms with van der Waals surface area (Å²) in [5, 5.41) is 0. The molecule has 0 amide bonds. The van der Waals surface area contributed by atoms with Crippen molar-refractivity contribution in [2.75, 3.05) is 7.11 Å². The average Bonchev–Trinajstić information content (AvgIpc) is 3.62. The van der Waals surface area contributed by atoms with Gasteiger partial charge in [-0.2, -0.15) is 0 Å². The Balaban J connectivity index is 1.93. The van der Waals surface area contributed by atoms with Gasteiger partial charge in [-0.05, 0) is 36.4 Å². The molecular weight excluding hydrogens is 492 g/mol. The molecule has 0 radical (unpaired) electrons. The number of methoxy groups -OCH3 is 1. The van der Waals surface area contributed by atoms with E-state index in [9.17, 15) is 18.0 Å². The minimum atomic E-state index is -4.28. The standard InChI is InChI=1S/C24H18N2O7S2/c1-31-24(28)19-18(16-10-6-12-33-16)20(35(29,30)15-8-3-2-4-9-15)21(25)26-22(27)17(34-23(19)26)13-14-7-5-11-32-14/h2-13,18H,25H2,1H3. The summed E-state index contributed by atoms with van der Waals surface area (Å²) in [4.78, 5) is 26.1. The minimum Gasteiger partial charge on any atom is -0.468 e. The van der Waals surface area contributed by atoms with Gasteiger partial charge in [0, 0.05) is 6.08 Å². The number of nitrogens with zero attached hydrogens (tertiary/aromatic N) is 1. The molecule has 178 valence electrons. The van der Waals surface area contributed by atoms with Crippen molar-refractivity contribution in [2.24, 2.45) is 5.73 Å². The molecule has 1 atom stereocenters. The second-order valence-electron chi connectivity index (χ2n) is 7.49. The fourth-order valence-corrected chi connectivity index (χ4v) is 6.78. The Morgan fingerprint density at radius 2 is 1.80 bits per heavy atom. The van der Waals surface area contributed by atoms with E-state index in [1.54, 1.807) is 42.5 Å². The molecule has 4 aromatic rings. The zero-order valence-electron chi connectivity index (χ0n) is 18.2. The Morgan fingerprint density at radius 3 is 2.43 bits per heavy atom. The van der Waals surface area contributed by atoms with Crippen molar-refractivity contribution in [1.29, 1.82) is 0 Å². The van der Waals surface area contributed by atoms with Crippen molar-refractivity contribution in [3.05, 3.63) is 103 Å². The molecule has 0 aliphatic carbocycles. The van der Waals surface area contributed by atoms with Gasteiger partial charge in [0.15, 0.2) is 0 Å². The Morgan fingerprint density at radius 1 is 1.09 bits per heavy atom. The molecule has 2 N–H and O–H groups in total. The number of carbonyl (C=O) groups is 1. The van der Waals surface area contributed by atoms with Gasteiger partial charge in [-0.25, -0.2) is 13.2 Å². The van der Waals surface area contributed by atoms with Crippen LogP contribution < -0.4 is 20.5 Å². The first kappa shape index (κ1) is 22.7. The number of furan rings is 2. The van der Waals surface area contributed by atoms with E-state index >= 15 is 0 Å². The second-order valence-corrected chi connectivity index (χ2v) is 10.4. The van der Waals surface area contributed by atoms with Gasteiger partial charge in [-0.15, -0.1) is 11.3 Å². The number of hydrogen-bond donors (Lipinski definition) is 1. The molecule has 5 rings (SSSR count). The van der Waals surface area contributed by atoms with E-state index in [2.05, 4.69) is 0 Å². The monoisotopic (exact) mass is 510 g/mol. The number of ether oxygens (including phenoxy) is 1. The van der Waals surface area contributed by atoms with Gasteiger partial charge >= 0.3 is 5.97 Å². The Bertz CT molecular complexity index is 1730. The van der Waals surface area contributed by atoms with Gasteiger partial charge in [0.2, 0.25) is 9.84 Å². The molecule has 1 aliphatic heterocycles. The summed E-state index contributed by atoms with van der Waals surface area (Å²) in [7, 11) is -3.10. The fourth-order valence-electron chi connectivity index (χ4n) is 3.96. The lowest BCUT2D eigenvalue weighted by molar-refractivity contribution is -0.134. The number of nitrogens with two attached hydrogens (primary N) is 1. The molecule has 0 saturated heterocycles. The van der Waals surface area contributed by atoms with Crippen molar-refractivity contribution >= 4 is 44.6 Å². The lowest BCUT2D eigenvalue weighted by atomic mass is 9.94. The van der Waals surface area contributed by atoms with Crippen LogP contribution in [0.15, 0.2) is 90.6 Å². The highest BCUT2D eigenvalue weighted by atomic mass is 32.2. The molecular formula is C24H18N2O7S2. The number of fused-ring (bicyclic) bond motifs is 1. The first-order chi connectivity index (χ1) is 16.8. The van der Waals surface area contributed by atoms with E-state index in [1.165, 1.54) is 37.8 Å². The van der Waals surface area contributed by atoms with E-state index < -0.39 is 27.3 Å². The summed E-state index contributed by atoms with van der Waals surface area (Å²) in [5.41, 5.74) is 5.75. The van der Waals surface area contributed by atoms with Crippen LogP contribution >= 0.6 is 11.3 Å². The third-order valence-electron chi connectivity index (χ3n) is 5.49. The number of thiazole rings is 1. The molecule has 35 heavy (non-hydrogen) atoms. The summed E-state index contributed by atoms with van der Waals surface area (Å²) in [6, 6.07) is 14.1. The van der Waals surface area contributed by atoms with Crippen LogP contribution in [-0.4, -0.2) is 26.1 Å². The molecule has 3 aromatic heterocycles. The van der Waals surface area contributed by atoms with Gasteiger partial charge in [0.1, 0.15) is 26.9 Å². The van der Waals surface area contributed by atoms with Crippen LogP contribution in [0, 0.1) is 0 Å². The number of esters is 1. The quantitative estimate of drug-likeness (QED) is 0.400. The number of rotatable bonds is 5. The smallest absolute Gasteiger partial charge is 0.337 e. The molecule has 9 nitrogen and oxygen atoms in total. The highest BCUT2D eigenvalue weighted by Crippen LogP contribution is 2.42. The van der Waals surface area contributed by atoms with Crippen molar-refractivity contribution in [2.45, 2.75) is 10.8 Å². The summed E-state index contributed by atoms with van der Waals surface area (Å²) < 4.78 is 45.0. The summed E-state index contributed by atoms with van der Waals surface area (Å²) in [6.45, 7) is 0. The molecule has 0 saturated carbocycles. The number of aromatic nitrogens is 1. The largest absolute Gasteiger partial charge is 0.468 e. The van der Waals surface area contributed by atoms with Crippen molar-refractivity contribution < 1.29 is 26.8 Å². The highest BCUT2D eigenvalue weighted by Gasteiger charge is 2.43. The van der Waals surface area contributed by atoms with E-state index in [-0.39, 0.29) is 36.2 Å². The molecule has 0 bridgehead atoms. The van der Waals surface area contributed by atoms with Crippen LogP contribution in [0.5, 0.6) is 0 Å². The Hall–Kier alpha value is -4.09. The normalized spacial score (nSPS) is 16.4. The van der Waals surface area contributed by atoms with Crippen molar-refractivity contribution in [3.8, 4) is 0 Å². The van der Waals surface area contributed by atoms with Gasteiger partial charge in [0.05, 0.1) is 40.6 Å². The molecule has 1 aliphatic rings. The number of hydrogen-bond acceptors (Lipinski definition) is 9. The van der Waals surface area contributed by atoms with E-state index in [0.29, 0.717) is 5.76 Å². The third kappa shape index (κ3) is 3.65. The van der Waals surface area contributed by atoms with Gasteiger partial charge in [-0.3, -0.25) is 9.36 Å². The Kier molecular flexibility index (Phi) is 5.58. The highest BCUT2D eigenvalue weighted by molar-refractivity contribution is 7.95. The Labute approximate surface area is 202 Å². The summed E-state index contributed by atoms with van der Waals surface area (Å²) in [5.74, 6) is -1.82. The summed E-state index contributed by atoms with van der Waals surface area (Å²) in [6.07, 6.45) is 4.31. The lowest BCUT2D eigenvalue weighted by Crippen LogP contribution is -2.41. The number of allylic oxidation sites excluding steroid dienone is 1. The minimum absolute atomic E-state index is 0.0483. The van der Waals surface area contributed by atoms with Crippen molar-refractivity contribution in [1.82, 2.24) is 4.57 Å². The molecule has 1 aromatic carbocycles. The van der Waals surface area contributed by atoms with Crippen LogP contribution in [-0.2, 0) is 19.4 Å². The maximum absolute atomic E-state index is 13.9.